The summed E-state index contributed by atoms with van der Waals surface area (Å²) in [5, 5.41) is 55.3. The van der Waals surface area contributed by atoms with Crippen LogP contribution in [0.15, 0.2) is 107 Å². The number of carbonyl (C=O) groups excluding carboxylic acids is 1. The third-order valence-electron chi connectivity index (χ3n) is 14.3. The molecule has 2 aromatic heterocycles. The topological polar surface area (TPSA) is 252 Å². The smallest absolute Gasteiger partial charge is 0.302 e. The van der Waals surface area contributed by atoms with Gasteiger partial charge in [0.15, 0.2) is 35.1 Å². The Hall–Kier alpha value is -6.73. The van der Waals surface area contributed by atoms with Crippen molar-refractivity contribution in [2.75, 3.05) is 32.5 Å². The van der Waals surface area contributed by atoms with Gasteiger partial charge >= 0.3 is 5.97 Å². The van der Waals surface area contributed by atoms with Gasteiger partial charge < -0.3 is 55.7 Å². The number of aliphatic imine (C=N–C) groups is 2. The number of esters is 1. The first kappa shape index (κ1) is 49.3. The molecule has 1 spiro atoms. The quantitative estimate of drug-likeness (QED) is 0.0295. The summed E-state index contributed by atoms with van der Waals surface area (Å²) < 4.78 is 25.1. The number of benzene rings is 2. The molecule has 3 fully saturated rings. The van der Waals surface area contributed by atoms with Crippen molar-refractivity contribution in [3.8, 4) is 28.7 Å². The van der Waals surface area contributed by atoms with Gasteiger partial charge in [0.2, 0.25) is 5.75 Å². The summed E-state index contributed by atoms with van der Waals surface area (Å²) in [5.41, 5.74) is 11.0. The average Bonchev–Trinajstić information content (AvgIpc) is 3.98. The Morgan fingerprint density at radius 3 is 2.70 bits per heavy atom. The molecule has 10 N–H and O–H groups in total. The van der Waals surface area contributed by atoms with Crippen molar-refractivity contribution in [2.24, 2.45) is 15.9 Å². The zero-order valence-corrected chi connectivity index (χ0v) is 40.3. The summed E-state index contributed by atoms with van der Waals surface area (Å²) in [5.74, 6) is 0.250. The number of aromatic nitrogens is 2. The normalized spacial score (nSPS) is 26.7. The van der Waals surface area contributed by atoms with E-state index in [9.17, 15) is 25.2 Å². The van der Waals surface area contributed by atoms with E-state index in [-0.39, 0.29) is 53.9 Å². The highest BCUT2D eigenvalue weighted by Gasteiger charge is 2.57. The van der Waals surface area contributed by atoms with Gasteiger partial charge in [-0.25, -0.2) is 4.98 Å². The molecule has 0 radical (unpaired) electrons. The van der Waals surface area contributed by atoms with E-state index in [4.69, 9.17) is 29.7 Å². The molecule has 6 heterocycles. The predicted octanol–water partition coefficient (Wildman–Crippen LogP) is 4.05. The molecule has 0 amide bonds. The van der Waals surface area contributed by atoms with E-state index >= 15 is 0 Å². The number of nitrogens with one attached hydrogen (secondary N) is 4. The number of fused-ring (bicyclic) bond motifs is 1. The van der Waals surface area contributed by atoms with Crippen molar-refractivity contribution < 1.29 is 49.1 Å². The Morgan fingerprint density at radius 1 is 1.03 bits per heavy atom. The lowest BCUT2D eigenvalue weighted by Crippen LogP contribution is -3.15. The third kappa shape index (κ3) is 11.9. The summed E-state index contributed by atoms with van der Waals surface area (Å²) in [7, 11) is 1.77. The number of pyridine rings is 2. The number of aliphatic hydroxyl groups excluding tert-OH is 1. The van der Waals surface area contributed by atoms with E-state index in [2.05, 4.69) is 37.1 Å². The zero-order chi connectivity index (χ0) is 49.5. The first-order valence-corrected chi connectivity index (χ1v) is 24.8. The number of nitrogen functional groups attached to an aromatic ring is 1. The van der Waals surface area contributed by atoms with Crippen molar-refractivity contribution in [3.05, 3.63) is 119 Å². The molecule has 71 heavy (non-hydrogen) atoms. The van der Waals surface area contributed by atoms with Crippen LogP contribution in [-0.2, 0) is 33.5 Å². The van der Waals surface area contributed by atoms with E-state index in [0.717, 1.165) is 65.0 Å². The molecule has 2 saturated heterocycles. The Balaban J connectivity index is 0.894. The van der Waals surface area contributed by atoms with Gasteiger partial charge in [-0.05, 0) is 123 Å². The maximum absolute atomic E-state index is 12.2. The van der Waals surface area contributed by atoms with E-state index in [1.54, 1.807) is 37.8 Å². The first-order valence-electron chi connectivity index (χ1n) is 24.8. The summed E-state index contributed by atoms with van der Waals surface area (Å²) in [4.78, 5) is 31.3. The van der Waals surface area contributed by atoms with Crippen LogP contribution in [0.2, 0.25) is 0 Å². The maximum atomic E-state index is 12.2. The average molecular weight is 973 g/mol. The second-order valence-electron chi connectivity index (χ2n) is 19.3. The van der Waals surface area contributed by atoms with Crippen LogP contribution in [-0.4, -0.2) is 112 Å². The summed E-state index contributed by atoms with van der Waals surface area (Å²) >= 11 is 0. The van der Waals surface area contributed by atoms with Crippen LogP contribution in [0.1, 0.15) is 86.6 Å². The van der Waals surface area contributed by atoms with Crippen LogP contribution in [0.3, 0.4) is 0 Å². The molecular formula is C53H66N9O9+. The van der Waals surface area contributed by atoms with Crippen molar-refractivity contribution >= 4 is 24.0 Å². The number of nitrogens with zero attached hydrogens (tertiary/aromatic N) is 4. The number of phenolic OH excluding ortho intramolecular Hbond substituents is 3. The molecular weight excluding hydrogens is 907 g/mol. The molecule has 2 aromatic carbocycles. The van der Waals surface area contributed by atoms with E-state index in [1.807, 2.05) is 48.7 Å². The van der Waals surface area contributed by atoms with Gasteiger partial charge in [0.1, 0.15) is 42.7 Å². The van der Waals surface area contributed by atoms with Crippen LogP contribution >= 0.6 is 0 Å². The highest BCUT2D eigenvalue weighted by molar-refractivity contribution is 5.82. The van der Waals surface area contributed by atoms with Gasteiger partial charge in [-0.15, -0.1) is 0 Å². The van der Waals surface area contributed by atoms with Gasteiger partial charge in [-0.3, -0.25) is 30.0 Å². The fraction of sp³-hybridized carbons (Fsp3) is 0.453. The van der Waals surface area contributed by atoms with Crippen LogP contribution < -0.4 is 36.1 Å². The molecule has 1 aliphatic carbocycles. The Bertz CT molecular complexity index is 2650. The number of nitrogens with two attached hydrogens (primary N) is 1. The largest absolute Gasteiger partial charge is 0.504 e. The number of allylic oxidation sites excluding steroid dienone is 1. The first-order chi connectivity index (χ1) is 34.4. The molecule has 4 aromatic rings. The Morgan fingerprint density at radius 2 is 1.90 bits per heavy atom. The lowest BCUT2D eigenvalue weighted by Gasteiger charge is -2.54. The number of quaternary nitrogens is 1. The number of ether oxygens (including phenoxy) is 4. The maximum Gasteiger partial charge on any atom is 0.302 e. The zero-order valence-electron chi connectivity index (χ0n) is 40.3. The minimum absolute atomic E-state index is 0.0255. The van der Waals surface area contributed by atoms with E-state index < -0.39 is 29.9 Å². The number of hydrogen-bond donors (Lipinski definition) is 9. The Kier molecular flexibility index (Phi) is 15.4. The molecule has 9 unspecified atom stereocenters. The van der Waals surface area contributed by atoms with Gasteiger partial charge in [-0.2, -0.15) is 0 Å². The number of aromatic hydroxyl groups is 3. The fourth-order valence-corrected chi connectivity index (χ4v) is 10.9. The molecule has 1 saturated carbocycles. The summed E-state index contributed by atoms with van der Waals surface area (Å²) in [6, 6.07) is 16.2. The van der Waals surface area contributed by atoms with Gasteiger partial charge in [-0.1, -0.05) is 12.1 Å². The summed E-state index contributed by atoms with van der Waals surface area (Å²) in [6.45, 7) is 2.91. The van der Waals surface area contributed by atoms with Gasteiger partial charge in [0, 0.05) is 69.5 Å². The number of anilines is 1. The lowest BCUT2D eigenvalue weighted by molar-refractivity contribution is -0.874. The number of phenols is 3. The number of aliphatic hydroxyl groups is 1. The molecule has 4 aliphatic heterocycles. The minimum Gasteiger partial charge on any atom is -0.504 e. The fourth-order valence-electron chi connectivity index (χ4n) is 10.9. The van der Waals surface area contributed by atoms with Gasteiger partial charge in [0.05, 0.1) is 30.3 Å². The van der Waals surface area contributed by atoms with Crippen LogP contribution in [0, 0.1) is 5.92 Å². The summed E-state index contributed by atoms with van der Waals surface area (Å²) in [6.07, 6.45) is 15.3. The SMILES string of the molecule is CNC(O)C1C([NH+]2C=C3N=CC=C3C2)NC(=NCCCc2ccnc(N)c2)NC12CCCC(Oc1cc(CCC3CC(OC(C)=O)CC(c4cc(O)c(O)c(OCCc5cccnc5)c4)O3)ccc1O)C2. The molecule has 9 atom stereocenters. The van der Waals surface area contributed by atoms with E-state index in [1.165, 1.54) is 13.0 Å². The van der Waals surface area contributed by atoms with Crippen molar-refractivity contribution in [2.45, 2.75) is 120 Å². The van der Waals surface area contributed by atoms with Gasteiger partial charge in [0.25, 0.3) is 0 Å². The number of carbonyl (C=O) groups is 1. The molecule has 9 rings (SSSR count). The molecule has 18 heteroatoms. The number of guanidine groups is 1. The lowest BCUT2D eigenvalue weighted by atomic mass is 9.68. The molecule has 0 bridgehead atoms. The van der Waals surface area contributed by atoms with Crippen molar-refractivity contribution in [1.82, 2.24) is 25.9 Å². The number of hydrogen-bond acceptors (Lipinski definition) is 15. The molecule has 376 valence electrons. The van der Waals surface area contributed by atoms with Crippen molar-refractivity contribution in [3.63, 3.8) is 0 Å². The van der Waals surface area contributed by atoms with Crippen molar-refractivity contribution in [1.29, 1.82) is 0 Å². The monoisotopic (exact) mass is 972 g/mol. The predicted molar refractivity (Wildman–Crippen MR) is 266 cm³/mol. The molecule has 5 aliphatic rings. The second-order valence-corrected chi connectivity index (χ2v) is 19.3. The number of aryl methyl sites for hydroxylation is 2. The second kappa shape index (κ2) is 22.1. The van der Waals surface area contributed by atoms with Crippen LogP contribution in [0.25, 0.3) is 0 Å². The Labute approximate surface area is 413 Å². The molecule has 18 nitrogen and oxygen atoms in total. The van der Waals surface area contributed by atoms with Crippen LogP contribution in [0.5, 0.6) is 28.7 Å². The van der Waals surface area contributed by atoms with Crippen LogP contribution in [0.4, 0.5) is 5.82 Å². The third-order valence-corrected chi connectivity index (χ3v) is 14.3. The highest BCUT2D eigenvalue weighted by atomic mass is 16.6. The number of rotatable bonds is 18. The minimum atomic E-state index is -0.877. The highest BCUT2D eigenvalue weighted by Crippen LogP contribution is 2.44. The van der Waals surface area contributed by atoms with E-state index in [0.29, 0.717) is 74.7 Å². The standard InChI is InChI=1S/C53H65N9O9/c1-32(63)69-40-26-38(70-44(27-40)37-24-43(65)49(66)46(25-37)68-21-15-35-7-4-17-56-29-35)11-9-34-10-12-42(64)45(22-34)71-39-8-3-16-53(28-39)48(51(67)55-2)50(62-30-36-14-20-57-41(36)31-62)60-52(61-53)59-18-5-6-33-13-19-58-47(54)23-33/h4,7,10,12-14,17,19-20,22-25,29,31,38-40,44,48,50-51,55,64-67H,3,5-6,8-9,11,15-16,18,21,26-28,30H2,1-2H3,(H2,54,58)(H2,59,60,61)/p+1.